The van der Waals surface area contributed by atoms with Crippen molar-refractivity contribution >= 4 is 15.9 Å². The molecule has 0 atom stereocenters. The van der Waals surface area contributed by atoms with Crippen LogP contribution in [0.25, 0.3) is 0 Å². The van der Waals surface area contributed by atoms with Crippen LogP contribution in [0.15, 0.2) is 53.8 Å². The van der Waals surface area contributed by atoms with Crippen molar-refractivity contribution < 1.29 is 17.9 Å². The van der Waals surface area contributed by atoms with Gasteiger partial charge in [0.1, 0.15) is 0 Å². The highest BCUT2D eigenvalue weighted by Gasteiger charge is 2.27. The fraction of sp³-hybridized carbons (Fsp3) is 0.348. The van der Waals surface area contributed by atoms with E-state index in [9.17, 15) is 13.2 Å². The molecule has 2 heterocycles. The number of rotatable bonds is 7. The average molecular weight is 457 g/mol. The molecule has 0 aliphatic heterocycles. The Morgan fingerprint density at radius 3 is 2.50 bits per heavy atom. The molecule has 3 aromatic rings. The molecule has 8 nitrogen and oxygen atoms in total. The number of carbonyl (C=O) groups is 1. The van der Waals surface area contributed by atoms with E-state index in [1.807, 2.05) is 46.0 Å². The Balaban J connectivity index is 1.89. The van der Waals surface area contributed by atoms with Gasteiger partial charge in [-0.05, 0) is 47.9 Å². The van der Waals surface area contributed by atoms with Crippen LogP contribution in [-0.4, -0.2) is 36.2 Å². The van der Waals surface area contributed by atoms with E-state index < -0.39 is 15.9 Å². The standard InChI is InChI=1S/C23H28N4O4S/c1-6-16-14-17(8-9-18(16)15-27-13-7-12-24-27)21(28)26-32(29,30)22-19(31-5)10-11-20(25-22)23(2,3)4/h7-14H,6,15H2,1-5H3,(H,26,28). The Labute approximate surface area is 188 Å². The number of ether oxygens (including phenoxy) is 1. The van der Waals surface area contributed by atoms with Gasteiger partial charge in [-0.2, -0.15) is 13.5 Å². The number of pyridine rings is 1. The fourth-order valence-corrected chi connectivity index (χ4v) is 4.33. The lowest BCUT2D eigenvalue weighted by molar-refractivity contribution is 0.0981. The molecule has 1 N–H and O–H groups in total. The maximum absolute atomic E-state index is 13.0. The second-order valence-corrected chi connectivity index (χ2v) is 10.0. The van der Waals surface area contributed by atoms with Crippen LogP contribution in [0, 0.1) is 0 Å². The molecule has 0 unspecified atom stereocenters. The Morgan fingerprint density at radius 1 is 1.16 bits per heavy atom. The molecule has 1 aromatic carbocycles. The summed E-state index contributed by atoms with van der Waals surface area (Å²) in [5.74, 6) is -0.655. The van der Waals surface area contributed by atoms with Crippen LogP contribution in [0.2, 0.25) is 0 Å². The zero-order valence-electron chi connectivity index (χ0n) is 18.9. The maximum atomic E-state index is 13.0. The average Bonchev–Trinajstić information content (AvgIpc) is 3.25. The Morgan fingerprint density at radius 2 is 1.91 bits per heavy atom. The second-order valence-electron chi connectivity index (χ2n) is 8.43. The molecule has 32 heavy (non-hydrogen) atoms. The number of amides is 1. The van der Waals surface area contributed by atoms with E-state index in [1.54, 1.807) is 35.1 Å². The molecule has 2 aromatic heterocycles. The highest BCUT2D eigenvalue weighted by Crippen LogP contribution is 2.27. The lowest BCUT2D eigenvalue weighted by Crippen LogP contribution is -2.32. The Bertz CT molecular complexity index is 1210. The number of benzene rings is 1. The molecular weight excluding hydrogens is 428 g/mol. The zero-order valence-corrected chi connectivity index (χ0v) is 19.7. The van der Waals surface area contributed by atoms with Gasteiger partial charge in [-0.15, -0.1) is 0 Å². The van der Waals surface area contributed by atoms with Crippen molar-refractivity contribution in [3.05, 3.63) is 71.2 Å². The summed E-state index contributed by atoms with van der Waals surface area (Å²) in [5.41, 5.74) is 2.40. The molecule has 170 valence electrons. The minimum atomic E-state index is -4.25. The van der Waals surface area contributed by atoms with Gasteiger partial charge < -0.3 is 4.74 Å². The van der Waals surface area contributed by atoms with Crippen molar-refractivity contribution in [1.82, 2.24) is 19.5 Å². The molecule has 0 aliphatic rings. The van der Waals surface area contributed by atoms with Crippen LogP contribution in [0.1, 0.15) is 54.9 Å². The minimum Gasteiger partial charge on any atom is -0.494 e. The van der Waals surface area contributed by atoms with Crippen molar-refractivity contribution in [2.24, 2.45) is 0 Å². The number of aromatic nitrogens is 3. The van der Waals surface area contributed by atoms with Crippen molar-refractivity contribution in [3.63, 3.8) is 0 Å². The van der Waals surface area contributed by atoms with Gasteiger partial charge in [0.15, 0.2) is 5.75 Å². The molecular formula is C23H28N4O4S. The first kappa shape index (κ1) is 23.5. The fourth-order valence-electron chi connectivity index (χ4n) is 3.24. The summed E-state index contributed by atoms with van der Waals surface area (Å²) in [4.78, 5) is 17.1. The number of nitrogens with one attached hydrogen (secondary N) is 1. The monoisotopic (exact) mass is 456 g/mol. The second kappa shape index (κ2) is 9.12. The summed E-state index contributed by atoms with van der Waals surface area (Å²) < 4.78 is 35.2. The molecule has 0 fully saturated rings. The topological polar surface area (TPSA) is 103 Å². The summed E-state index contributed by atoms with van der Waals surface area (Å²) in [6, 6.07) is 10.2. The van der Waals surface area contributed by atoms with Crippen LogP contribution >= 0.6 is 0 Å². The predicted octanol–water partition coefficient (Wildman–Crippen LogP) is 3.31. The van der Waals surface area contributed by atoms with Crippen molar-refractivity contribution in [1.29, 1.82) is 0 Å². The van der Waals surface area contributed by atoms with Gasteiger partial charge in [0.05, 0.1) is 13.7 Å². The lowest BCUT2D eigenvalue weighted by Gasteiger charge is -2.19. The summed E-state index contributed by atoms with van der Waals surface area (Å²) in [6.07, 6.45) is 4.25. The van der Waals surface area contributed by atoms with E-state index in [2.05, 4.69) is 14.8 Å². The third-order valence-corrected chi connectivity index (χ3v) is 6.29. The van der Waals surface area contributed by atoms with E-state index in [-0.39, 0.29) is 21.8 Å². The number of hydrogen-bond donors (Lipinski definition) is 1. The van der Waals surface area contributed by atoms with Crippen LogP contribution in [0.5, 0.6) is 5.75 Å². The van der Waals surface area contributed by atoms with Crippen LogP contribution in [0.3, 0.4) is 0 Å². The van der Waals surface area contributed by atoms with Crippen LogP contribution in [-0.2, 0) is 28.4 Å². The SMILES string of the molecule is CCc1cc(C(=O)NS(=O)(=O)c2nc(C(C)(C)C)ccc2OC)ccc1Cn1cccn1. The Hall–Kier alpha value is -3.20. The predicted molar refractivity (Wildman–Crippen MR) is 121 cm³/mol. The first-order valence-corrected chi connectivity index (χ1v) is 11.8. The number of sulfonamides is 1. The number of methoxy groups -OCH3 is 1. The van der Waals surface area contributed by atoms with E-state index in [1.165, 1.54) is 7.11 Å². The van der Waals surface area contributed by atoms with Crippen molar-refractivity contribution in [2.45, 2.75) is 51.1 Å². The van der Waals surface area contributed by atoms with Gasteiger partial charge in [-0.1, -0.05) is 33.8 Å². The number of nitrogens with zero attached hydrogens (tertiary/aromatic N) is 3. The van der Waals surface area contributed by atoms with Gasteiger partial charge in [0.25, 0.3) is 15.9 Å². The molecule has 9 heteroatoms. The number of carbonyl (C=O) groups excluding carboxylic acids is 1. The van der Waals surface area contributed by atoms with E-state index in [4.69, 9.17) is 4.74 Å². The van der Waals surface area contributed by atoms with Crippen molar-refractivity contribution in [3.8, 4) is 5.75 Å². The molecule has 0 saturated carbocycles. The number of hydrogen-bond acceptors (Lipinski definition) is 6. The summed E-state index contributed by atoms with van der Waals surface area (Å²) in [7, 11) is -2.89. The van der Waals surface area contributed by atoms with Gasteiger partial charge in [0.2, 0.25) is 5.03 Å². The van der Waals surface area contributed by atoms with E-state index >= 15 is 0 Å². The largest absolute Gasteiger partial charge is 0.494 e. The van der Waals surface area contributed by atoms with Gasteiger partial charge in [0, 0.05) is 29.1 Å². The third kappa shape index (κ3) is 5.16. The highest BCUT2D eigenvalue weighted by atomic mass is 32.2. The van der Waals surface area contributed by atoms with Gasteiger partial charge in [-0.3, -0.25) is 9.48 Å². The lowest BCUT2D eigenvalue weighted by atomic mass is 9.92. The van der Waals surface area contributed by atoms with Crippen LogP contribution in [0.4, 0.5) is 0 Å². The molecule has 0 radical (unpaired) electrons. The van der Waals surface area contributed by atoms with Crippen molar-refractivity contribution in [2.75, 3.05) is 7.11 Å². The molecule has 0 saturated heterocycles. The molecule has 1 amide bonds. The maximum Gasteiger partial charge on any atom is 0.285 e. The van der Waals surface area contributed by atoms with Gasteiger partial charge >= 0.3 is 0 Å². The highest BCUT2D eigenvalue weighted by molar-refractivity contribution is 7.90. The zero-order chi connectivity index (χ0) is 23.5. The molecule has 0 spiro atoms. The summed E-state index contributed by atoms with van der Waals surface area (Å²) in [6.45, 7) is 8.32. The molecule has 0 aliphatic carbocycles. The summed E-state index contributed by atoms with van der Waals surface area (Å²) >= 11 is 0. The molecule has 0 bridgehead atoms. The van der Waals surface area contributed by atoms with Gasteiger partial charge in [-0.25, -0.2) is 9.71 Å². The first-order valence-electron chi connectivity index (χ1n) is 10.3. The normalized spacial score (nSPS) is 11.9. The Kier molecular flexibility index (Phi) is 6.68. The minimum absolute atomic E-state index is 0.0714. The van der Waals surface area contributed by atoms with E-state index in [0.29, 0.717) is 18.7 Å². The third-order valence-electron chi connectivity index (χ3n) is 5.04. The number of aryl methyl sites for hydroxylation is 1. The quantitative estimate of drug-likeness (QED) is 0.585. The first-order chi connectivity index (χ1) is 15.0. The summed E-state index contributed by atoms with van der Waals surface area (Å²) in [5, 5.41) is 3.89. The van der Waals surface area contributed by atoms with Crippen LogP contribution < -0.4 is 9.46 Å². The molecule has 3 rings (SSSR count). The van der Waals surface area contributed by atoms with E-state index in [0.717, 1.165) is 11.1 Å². The smallest absolute Gasteiger partial charge is 0.285 e.